The molecule has 1 aromatic rings. The summed E-state index contributed by atoms with van der Waals surface area (Å²) in [5, 5.41) is 9.00. The Morgan fingerprint density at radius 1 is 1.32 bits per heavy atom. The van der Waals surface area contributed by atoms with E-state index in [1.165, 1.54) is 4.31 Å². The maximum Gasteiger partial charge on any atom is 0.306 e. The lowest BCUT2D eigenvalue weighted by Gasteiger charge is -2.29. The first-order valence-corrected chi connectivity index (χ1v) is 9.16. The van der Waals surface area contributed by atoms with E-state index in [0.717, 1.165) is 5.69 Å². The molecule has 1 aliphatic heterocycles. The number of benzene rings is 1. The molecule has 22 heavy (non-hydrogen) atoms. The number of piperidine rings is 1. The summed E-state index contributed by atoms with van der Waals surface area (Å²) in [7, 11) is 0.0595. The van der Waals surface area contributed by atoms with Crippen molar-refractivity contribution in [2.45, 2.75) is 17.7 Å². The number of carbonyl (C=O) groups is 1. The van der Waals surface area contributed by atoms with Crippen LogP contribution in [0.1, 0.15) is 12.8 Å². The van der Waals surface area contributed by atoms with Gasteiger partial charge in [0.25, 0.3) is 0 Å². The van der Waals surface area contributed by atoms with Gasteiger partial charge >= 0.3 is 5.97 Å². The van der Waals surface area contributed by atoms with Gasteiger partial charge in [-0.05, 0) is 47.0 Å². The van der Waals surface area contributed by atoms with E-state index in [1.807, 2.05) is 25.1 Å². The molecule has 6 nitrogen and oxygen atoms in total. The minimum absolute atomic E-state index is 0.215. The normalized spacial score (nSPS) is 17.4. The molecule has 2 rings (SSSR count). The smallest absolute Gasteiger partial charge is 0.306 e. The third-order valence-electron chi connectivity index (χ3n) is 3.85. The van der Waals surface area contributed by atoms with Crippen molar-refractivity contribution in [3.63, 3.8) is 0 Å². The van der Waals surface area contributed by atoms with Gasteiger partial charge in [-0.3, -0.25) is 4.79 Å². The molecule has 0 atom stereocenters. The zero-order valence-corrected chi connectivity index (χ0v) is 14.9. The number of rotatable bonds is 4. The van der Waals surface area contributed by atoms with E-state index >= 15 is 0 Å². The minimum atomic E-state index is -3.63. The molecule has 0 spiro atoms. The van der Waals surface area contributed by atoms with Gasteiger partial charge in [0.1, 0.15) is 0 Å². The summed E-state index contributed by atoms with van der Waals surface area (Å²) >= 11 is 3.30. The molecule has 1 N–H and O–H groups in total. The van der Waals surface area contributed by atoms with Gasteiger partial charge in [0.15, 0.2) is 0 Å². The molecule has 1 heterocycles. The van der Waals surface area contributed by atoms with Crippen molar-refractivity contribution in [3.8, 4) is 0 Å². The predicted molar refractivity (Wildman–Crippen MR) is 87.6 cm³/mol. The number of carboxylic acid groups (broad SMARTS) is 1. The first-order valence-electron chi connectivity index (χ1n) is 6.93. The molecule has 1 fully saturated rings. The summed E-state index contributed by atoms with van der Waals surface area (Å²) in [5.41, 5.74) is 0.794. The Morgan fingerprint density at radius 3 is 2.41 bits per heavy atom. The van der Waals surface area contributed by atoms with Gasteiger partial charge in [0.2, 0.25) is 10.0 Å². The van der Waals surface area contributed by atoms with Crippen LogP contribution in [0, 0.1) is 5.92 Å². The van der Waals surface area contributed by atoms with Crippen molar-refractivity contribution in [3.05, 3.63) is 22.7 Å². The lowest BCUT2D eigenvalue weighted by molar-refractivity contribution is -0.142. The highest BCUT2D eigenvalue weighted by Gasteiger charge is 2.33. The fourth-order valence-electron chi connectivity index (χ4n) is 2.45. The molecular formula is C14H19BrN2O4S. The number of sulfonamides is 1. The third kappa shape index (κ3) is 3.44. The van der Waals surface area contributed by atoms with Crippen molar-refractivity contribution >= 4 is 37.6 Å². The van der Waals surface area contributed by atoms with Crippen molar-refractivity contribution < 1.29 is 18.3 Å². The molecule has 0 bridgehead atoms. The van der Waals surface area contributed by atoms with Crippen LogP contribution in [-0.2, 0) is 14.8 Å². The first-order chi connectivity index (χ1) is 10.2. The molecule has 0 saturated carbocycles. The second-order valence-corrected chi connectivity index (χ2v) is 8.29. The lowest BCUT2D eigenvalue weighted by atomic mass is 9.99. The quantitative estimate of drug-likeness (QED) is 0.850. The molecule has 1 saturated heterocycles. The molecule has 1 aliphatic rings. The molecule has 0 unspecified atom stereocenters. The zero-order chi connectivity index (χ0) is 16.5. The Morgan fingerprint density at radius 2 is 1.91 bits per heavy atom. The molecule has 0 amide bonds. The number of aliphatic carboxylic acids is 1. The van der Waals surface area contributed by atoms with Crippen LogP contribution in [0.25, 0.3) is 0 Å². The topological polar surface area (TPSA) is 77.9 Å². The highest BCUT2D eigenvalue weighted by atomic mass is 79.9. The minimum Gasteiger partial charge on any atom is -0.481 e. The van der Waals surface area contributed by atoms with Crippen LogP contribution in [0.2, 0.25) is 0 Å². The monoisotopic (exact) mass is 390 g/mol. The van der Waals surface area contributed by atoms with Crippen molar-refractivity contribution in [2.24, 2.45) is 5.92 Å². The van der Waals surface area contributed by atoms with Crippen LogP contribution in [0.15, 0.2) is 27.6 Å². The van der Waals surface area contributed by atoms with Gasteiger partial charge in [0.05, 0.1) is 10.8 Å². The van der Waals surface area contributed by atoms with Crippen molar-refractivity contribution in [1.82, 2.24) is 4.31 Å². The van der Waals surface area contributed by atoms with Crippen LogP contribution in [-0.4, -0.2) is 51.0 Å². The maximum atomic E-state index is 12.8. The van der Waals surface area contributed by atoms with Gasteiger partial charge in [-0.1, -0.05) is 0 Å². The number of anilines is 1. The summed E-state index contributed by atoms with van der Waals surface area (Å²) in [6.45, 7) is 0.468. The van der Waals surface area contributed by atoms with Gasteiger partial charge in [-0.2, -0.15) is 4.31 Å². The van der Waals surface area contributed by atoms with Gasteiger partial charge in [0, 0.05) is 37.3 Å². The van der Waals surface area contributed by atoms with E-state index in [0.29, 0.717) is 17.3 Å². The molecule has 0 aliphatic carbocycles. The van der Waals surface area contributed by atoms with Crippen LogP contribution in [0.3, 0.4) is 0 Å². The summed E-state index contributed by atoms with van der Waals surface area (Å²) in [6.07, 6.45) is 0.694. The maximum absolute atomic E-state index is 12.8. The zero-order valence-electron chi connectivity index (χ0n) is 12.5. The Balaban J connectivity index is 2.28. The van der Waals surface area contributed by atoms with E-state index in [-0.39, 0.29) is 18.0 Å². The lowest BCUT2D eigenvalue weighted by Crippen LogP contribution is -2.40. The van der Waals surface area contributed by atoms with Gasteiger partial charge in [-0.25, -0.2) is 8.42 Å². The van der Waals surface area contributed by atoms with E-state index in [4.69, 9.17) is 5.11 Å². The Kier molecular flexibility index (Phi) is 5.14. The van der Waals surface area contributed by atoms with Crippen LogP contribution < -0.4 is 4.90 Å². The first kappa shape index (κ1) is 17.2. The number of halogens is 1. The largest absolute Gasteiger partial charge is 0.481 e. The average molecular weight is 391 g/mol. The van der Waals surface area contributed by atoms with Crippen LogP contribution in [0.5, 0.6) is 0 Å². The number of nitrogens with zero attached hydrogens (tertiary/aromatic N) is 2. The van der Waals surface area contributed by atoms with Gasteiger partial charge < -0.3 is 10.0 Å². The fraction of sp³-hybridized carbons (Fsp3) is 0.500. The average Bonchev–Trinajstić information content (AvgIpc) is 2.47. The van der Waals surface area contributed by atoms with Crippen molar-refractivity contribution in [1.29, 1.82) is 0 Å². The molecule has 8 heteroatoms. The SMILES string of the molecule is CN(C)c1ccc(Br)c(S(=O)(=O)N2CCC(C(=O)O)CC2)c1. The molecule has 1 aromatic carbocycles. The summed E-state index contributed by atoms with van der Waals surface area (Å²) in [4.78, 5) is 13.0. The Bertz CT molecular complexity index is 667. The van der Waals surface area contributed by atoms with E-state index in [1.54, 1.807) is 12.1 Å². The highest BCUT2D eigenvalue weighted by molar-refractivity contribution is 9.10. The second-order valence-electron chi connectivity index (χ2n) is 5.53. The summed E-state index contributed by atoms with van der Waals surface area (Å²) in [6, 6.07) is 5.18. The number of carboxylic acids is 1. The van der Waals surface area contributed by atoms with Crippen LogP contribution >= 0.6 is 15.9 Å². The molecule has 0 radical (unpaired) electrons. The Labute approximate surface area is 138 Å². The highest BCUT2D eigenvalue weighted by Crippen LogP contribution is 2.31. The van der Waals surface area contributed by atoms with E-state index in [9.17, 15) is 13.2 Å². The molecule has 0 aromatic heterocycles. The summed E-state index contributed by atoms with van der Waals surface area (Å²) in [5.74, 6) is -1.31. The predicted octanol–water partition coefficient (Wildman–Crippen LogP) is 2.00. The van der Waals surface area contributed by atoms with Crippen molar-refractivity contribution in [2.75, 3.05) is 32.1 Å². The summed E-state index contributed by atoms with van der Waals surface area (Å²) < 4.78 is 27.5. The van der Waals surface area contributed by atoms with Gasteiger partial charge in [-0.15, -0.1) is 0 Å². The van der Waals surface area contributed by atoms with Crippen LogP contribution in [0.4, 0.5) is 5.69 Å². The third-order valence-corrected chi connectivity index (χ3v) is 6.74. The standard InChI is InChI=1S/C14H19BrN2O4S/c1-16(2)11-3-4-12(15)13(9-11)22(20,21)17-7-5-10(6-8-17)14(18)19/h3-4,9-10H,5-8H2,1-2H3,(H,18,19). The Hall–Kier alpha value is -1.12. The molecular weight excluding hydrogens is 372 g/mol. The second kappa shape index (κ2) is 6.55. The number of hydrogen-bond donors (Lipinski definition) is 1. The van der Waals surface area contributed by atoms with E-state index < -0.39 is 21.9 Å². The number of hydrogen-bond acceptors (Lipinski definition) is 4. The fourth-order valence-corrected chi connectivity index (χ4v) is 4.86. The van der Waals surface area contributed by atoms with E-state index in [2.05, 4.69) is 15.9 Å². The molecule has 122 valence electrons.